The highest BCUT2D eigenvalue weighted by Gasteiger charge is 2.36. The molecule has 0 radical (unpaired) electrons. The molecule has 0 bridgehead atoms. The zero-order valence-electron chi connectivity index (χ0n) is 25.0. The fourth-order valence-corrected chi connectivity index (χ4v) is 8.08. The van der Waals surface area contributed by atoms with Gasteiger partial charge in [0.15, 0.2) is 0 Å². The van der Waals surface area contributed by atoms with Crippen molar-refractivity contribution in [2.45, 2.75) is 33.1 Å². The van der Waals surface area contributed by atoms with Crippen LogP contribution < -0.4 is 4.90 Å². The maximum atomic E-state index is 2.45. The lowest BCUT2D eigenvalue weighted by Gasteiger charge is -2.28. The fourth-order valence-electron chi connectivity index (χ4n) is 6.84. The van der Waals surface area contributed by atoms with Crippen molar-refractivity contribution in [2.75, 3.05) is 4.90 Å². The lowest BCUT2D eigenvalue weighted by atomic mass is 9.81. The normalized spacial score (nSPS) is 13.3. The number of hydrogen-bond donors (Lipinski definition) is 0. The number of benzene rings is 6. The molecule has 1 aliphatic carbocycles. The predicted molar refractivity (Wildman–Crippen MR) is 186 cm³/mol. The molecule has 2 heteroatoms. The summed E-state index contributed by atoms with van der Waals surface area (Å²) in [6, 6.07) is 47.4. The molecular formula is C41H33NS. The minimum absolute atomic E-state index is 0.128. The largest absolute Gasteiger partial charge is 0.310 e. The van der Waals surface area contributed by atoms with Crippen LogP contribution >= 0.6 is 11.3 Å². The van der Waals surface area contributed by atoms with Crippen LogP contribution in [0.5, 0.6) is 0 Å². The van der Waals surface area contributed by atoms with E-state index in [-0.39, 0.29) is 5.41 Å². The molecule has 6 aromatic carbocycles. The number of aryl methyl sites for hydroxylation is 2. The Morgan fingerprint density at radius 1 is 0.512 bits per heavy atom. The third kappa shape index (κ3) is 4.12. The van der Waals surface area contributed by atoms with Crippen molar-refractivity contribution in [1.29, 1.82) is 0 Å². The van der Waals surface area contributed by atoms with Gasteiger partial charge in [-0.15, -0.1) is 11.3 Å². The zero-order chi connectivity index (χ0) is 29.3. The van der Waals surface area contributed by atoms with Gasteiger partial charge in [0.1, 0.15) is 0 Å². The molecule has 8 rings (SSSR count). The quantitative estimate of drug-likeness (QED) is 0.203. The van der Waals surface area contributed by atoms with E-state index in [1.807, 2.05) is 11.3 Å². The van der Waals surface area contributed by atoms with Gasteiger partial charge in [0.05, 0.1) is 0 Å². The van der Waals surface area contributed by atoms with Crippen LogP contribution in [0.4, 0.5) is 17.1 Å². The molecule has 43 heavy (non-hydrogen) atoms. The van der Waals surface area contributed by atoms with Gasteiger partial charge in [-0.05, 0) is 95.8 Å². The fraction of sp³-hybridized carbons (Fsp3) is 0.122. The van der Waals surface area contributed by atoms with Gasteiger partial charge in [0.25, 0.3) is 0 Å². The Kier molecular flexibility index (Phi) is 5.86. The third-order valence-electron chi connectivity index (χ3n) is 9.22. The average Bonchev–Trinajstić information content (AvgIpc) is 3.51. The first-order valence-corrected chi connectivity index (χ1v) is 15.8. The van der Waals surface area contributed by atoms with E-state index < -0.39 is 0 Å². The number of nitrogens with zero attached hydrogens (tertiary/aromatic N) is 1. The van der Waals surface area contributed by atoms with E-state index >= 15 is 0 Å². The van der Waals surface area contributed by atoms with E-state index in [0.717, 1.165) is 0 Å². The standard InChI is InChI=1S/C41H33NS/c1-26-12-17-29(18-13-26)42(30-19-14-27(2)15-20-30)31-21-23-34-33-22-16-28(24-37(33)41(3,4)38(34)25-31)32-9-7-10-36-35-8-5-6-11-39(35)43-40(32)36/h5-25H,1-4H3. The van der Waals surface area contributed by atoms with Crippen LogP contribution in [0.1, 0.15) is 36.1 Å². The van der Waals surface area contributed by atoms with Crippen molar-refractivity contribution in [3.8, 4) is 22.3 Å². The van der Waals surface area contributed by atoms with Crippen LogP contribution in [0.3, 0.4) is 0 Å². The molecule has 0 N–H and O–H groups in total. The Morgan fingerprint density at radius 2 is 1.09 bits per heavy atom. The van der Waals surface area contributed by atoms with E-state index in [2.05, 4.69) is 160 Å². The number of anilines is 3. The second kappa shape index (κ2) is 9.69. The third-order valence-corrected chi connectivity index (χ3v) is 10.4. The molecule has 1 aromatic heterocycles. The summed E-state index contributed by atoms with van der Waals surface area (Å²) in [4.78, 5) is 2.38. The maximum absolute atomic E-state index is 2.45. The summed E-state index contributed by atoms with van der Waals surface area (Å²) in [6.07, 6.45) is 0. The molecule has 0 amide bonds. The Bertz CT molecular complexity index is 2120. The van der Waals surface area contributed by atoms with E-state index in [9.17, 15) is 0 Å². The Morgan fingerprint density at radius 3 is 1.79 bits per heavy atom. The maximum Gasteiger partial charge on any atom is 0.0465 e. The van der Waals surface area contributed by atoms with Gasteiger partial charge in [-0.1, -0.05) is 104 Å². The molecule has 1 nitrogen and oxygen atoms in total. The van der Waals surface area contributed by atoms with Crippen molar-refractivity contribution in [3.63, 3.8) is 0 Å². The minimum Gasteiger partial charge on any atom is -0.310 e. The van der Waals surface area contributed by atoms with Crippen LogP contribution in [0.2, 0.25) is 0 Å². The Hall–Kier alpha value is -4.66. The molecule has 208 valence electrons. The molecular weight excluding hydrogens is 539 g/mol. The van der Waals surface area contributed by atoms with E-state index in [1.165, 1.54) is 81.7 Å². The molecule has 0 atom stereocenters. The first-order chi connectivity index (χ1) is 20.9. The molecule has 1 aliphatic rings. The second-order valence-corrected chi connectivity index (χ2v) is 13.5. The van der Waals surface area contributed by atoms with Gasteiger partial charge in [0, 0.05) is 42.6 Å². The highest BCUT2D eigenvalue weighted by Crippen LogP contribution is 2.52. The molecule has 0 spiro atoms. The Balaban J connectivity index is 1.25. The van der Waals surface area contributed by atoms with Crippen LogP contribution in [0, 0.1) is 13.8 Å². The highest BCUT2D eigenvalue weighted by atomic mass is 32.1. The van der Waals surface area contributed by atoms with Crippen molar-refractivity contribution in [3.05, 3.63) is 150 Å². The number of fused-ring (bicyclic) bond motifs is 6. The van der Waals surface area contributed by atoms with Crippen molar-refractivity contribution < 1.29 is 0 Å². The van der Waals surface area contributed by atoms with Crippen LogP contribution in [-0.2, 0) is 5.41 Å². The van der Waals surface area contributed by atoms with E-state index in [1.54, 1.807) is 0 Å². The average molecular weight is 572 g/mol. The summed E-state index contributed by atoms with van der Waals surface area (Å²) in [7, 11) is 0. The summed E-state index contributed by atoms with van der Waals surface area (Å²) in [6.45, 7) is 9.05. The van der Waals surface area contributed by atoms with Gasteiger partial charge in [-0.3, -0.25) is 0 Å². The topological polar surface area (TPSA) is 3.24 Å². The van der Waals surface area contributed by atoms with Crippen molar-refractivity contribution in [2.24, 2.45) is 0 Å². The number of rotatable bonds is 4. The molecule has 0 fully saturated rings. The molecule has 0 unspecified atom stereocenters. The summed E-state index contributed by atoms with van der Waals surface area (Å²) < 4.78 is 2.71. The lowest BCUT2D eigenvalue weighted by Crippen LogP contribution is -2.16. The number of hydrogen-bond acceptors (Lipinski definition) is 2. The van der Waals surface area contributed by atoms with E-state index in [0.29, 0.717) is 0 Å². The van der Waals surface area contributed by atoms with Crippen LogP contribution in [0.15, 0.2) is 127 Å². The molecule has 0 saturated heterocycles. The minimum atomic E-state index is -0.128. The summed E-state index contributed by atoms with van der Waals surface area (Å²) in [5.41, 5.74) is 14.0. The van der Waals surface area contributed by atoms with Gasteiger partial charge >= 0.3 is 0 Å². The highest BCUT2D eigenvalue weighted by molar-refractivity contribution is 7.26. The monoisotopic (exact) mass is 571 g/mol. The molecule has 7 aromatic rings. The molecule has 0 saturated carbocycles. The molecule has 1 heterocycles. The first kappa shape index (κ1) is 26.0. The summed E-state index contributed by atoms with van der Waals surface area (Å²) in [5, 5.41) is 2.69. The van der Waals surface area contributed by atoms with Gasteiger partial charge < -0.3 is 4.90 Å². The summed E-state index contributed by atoms with van der Waals surface area (Å²) >= 11 is 1.90. The first-order valence-electron chi connectivity index (χ1n) is 15.0. The van der Waals surface area contributed by atoms with Gasteiger partial charge in [0.2, 0.25) is 0 Å². The zero-order valence-corrected chi connectivity index (χ0v) is 25.8. The lowest BCUT2D eigenvalue weighted by molar-refractivity contribution is 0.660. The predicted octanol–water partition coefficient (Wildman–Crippen LogP) is 12.1. The van der Waals surface area contributed by atoms with Gasteiger partial charge in [-0.25, -0.2) is 0 Å². The summed E-state index contributed by atoms with van der Waals surface area (Å²) in [5.74, 6) is 0. The van der Waals surface area contributed by atoms with Gasteiger partial charge in [-0.2, -0.15) is 0 Å². The van der Waals surface area contributed by atoms with Crippen LogP contribution in [0.25, 0.3) is 42.4 Å². The van der Waals surface area contributed by atoms with Crippen molar-refractivity contribution in [1.82, 2.24) is 0 Å². The van der Waals surface area contributed by atoms with E-state index in [4.69, 9.17) is 0 Å². The SMILES string of the molecule is Cc1ccc(N(c2ccc(C)cc2)c2ccc3c(c2)C(C)(C)c2cc(-c4cccc5c4sc4ccccc45)ccc2-3)cc1. The number of thiophene rings is 1. The van der Waals surface area contributed by atoms with Crippen LogP contribution in [-0.4, -0.2) is 0 Å². The Labute approximate surface area is 257 Å². The smallest absolute Gasteiger partial charge is 0.0465 e. The van der Waals surface area contributed by atoms with Crippen molar-refractivity contribution >= 4 is 48.6 Å². The molecule has 0 aliphatic heterocycles. The second-order valence-electron chi connectivity index (χ2n) is 12.4.